The van der Waals surface area contributed by atoms with Crippen LogP contribution in [-0.2, 0) is 6.42 Å². The van der Waals surface area contributed by atoms with Crippen LogP contribution in [0, 0.1) is 0 Å². The quantitative estimate of drug-likeness (QED) is 0.810. The predicted octanol–water partition coefficient (Wildman–Crippen LogP) is 2.32. The maximum absolute atomic E-state index is 12.2. The highest BCUT2D eigenvalue weighted by atomic mass is 16.2. The first-order valence-corrected chi connectivity index (χ1v) is 8.47. The van der Waals surface area contributed by atoms with E-state index in [-0.39, 0.29) is 17.7 Å². The highest BCUT2D eigenvalue weighted by Crippen LogP contribution is 2.16. The van der Waals surface area contributed by atoms with Crippen LogP contribution in [0.4, 0.5) is 0 Å². The molecule has 0 bridgehead atoms. The van der Waals surface area contributed by atoms with Crippen LogP contribution in [0.5, 0.6) is 0 Å². The average molecular weight is 340 g/mol. The topological polar surface area (TPSA) is 84.0 Å². The summed E-state index contributed by atoms with van der Waals surface area (Å²) in [5.74, 6) is -0.251. The Kier molecular flexibility index (Phi) is 6.62. The number of nitrogens with one attached hydrogen (secondary N) is 2. The molecular weight excluding hydrogens is 316 g/mol. The lowest BCUT2D eigenvalue weighted by Crippen LogP contribution is -2.26. The summed E-state index contributed by atoms with van der Waals surface area (Å²) in [6.45, 7) is 4.58. The predicted molar refractivity (Wildman–Crippen MR) is 96.6 cm³/mol. The molecule has 0 fully saturated rings. The summed E-state index contributed by atoms with van der Waals surface area (Å²) in [5, 5.41) is 5.46. The van der Waals surface area contributed by atoms with Crippen molar-refractivity contribution in [2.24, 2.45) is 0 Å². The smallest absolute Gasteiger partial charge is 0.269 e. The van der Waals surface area contributed by atoms with Crippen LogP contribution in [0.25, 0.3) is 0 Å². The summed E-state index contributed by atoms with van der Waals surface area (Å²) in [7, 11) is 1.58. The molecule has 0 aliphatic rings. The van der Waals surface area contributed by atoms with Gasteiger partial charge in [0.05, 0.1) is 0 Å². The number of carbonyl (C=O) groups excluding carboxylic acids is 2. The van der Waals surface area contributed by atoms with E-state index in [0.717, 1.165) is 24.1 Å². The van der Waals surface area contributed by atoms with Crippen molar-refractivity contribution < 1.29 is 9.59 Å². The Morgan fingerprint density at radius 3 is 2.68 bits per heavy atom. The van der Waals surface area contributed by atoms with E-state index in [1.165, 1.54) is 0 Å². The monoisotopic (exact) mass is 340 g/mol. The molecule has 0 aliphatic heterocycles. The van der Waals surface area contributed by atoms with E-state index >= 15 is 0 Å². The number of hydrogen-bond donors (Lipinski definition) is 2. The Hall–Kier alpha value is -2.76. The van der Waals surface area contributed by atoms with Gasteiger partial charge >= 0.3 is 0 Å². The molecule has 0 radical (unpaired) electrons. The highest BCUT2D eigenvalue weighted by molar-refractivity contribution is 5.92. The Morgan fingerprint density at radius 2 is 1.96 bits per heavy atom. The molecule has 25 heavy (non-hydrogen) atoms. The normalized spacial score (nSPS) is 11.6. The summed E-state index contributed by atoms with van der Waals surface area (Å²) in [6.07, 6.45) is 3.25. The number of hydrogen-bond acceptors (Lipinski definition) is 4. The highest BCUT2D eigenvalue weighted by Gasteiger charge is 2.12. The minimum Gasteiger partial charge on any atom is -0.354 e. The molecule has 6 heteroatoms. The maximum Gasteiger partial charge on any atom is 0.269 e. The fraction of sp³-hybridized carbons (Fsp3) is 0.368. The number of pyridine rings is 2. The van der Waals surface area contributed by atoms with Crippen molar-refractivity contribution in [3.8, 4) is 0 Å². The van der Waals surface area contributed by atoms with Gasteiger partial charge in [-0.25, -0.2) is 4.98 Å². The van der Waals surface area contributed by atoms with Gasteiger partial charge in [0, 0.05) is 31.4 Å². The number of aromatic nitrogens is 2. The second-order valence-corrected chi connectivity index (χ2v) is 5.88. The van der Waals surface area contributed by atoms with Crippen LogP contribution in [-0.4, -0.2) is 35.4 Å². The van der Waals surface area contributed by atoms with Crippen molar-refractivity contribution in [2.75, 3.05) is 13.6 Å². The van der Waals surface area contributed by atoms with Gasteiger partial charge in [0.1, 0.15) is 11.4 Å². The van der Waals surface area contributed by atoms with E-state index in [2.05, 4.69) is 20.6 Å². The van der Waals surface area contributed by atoms with Gasteiger partial charge in [-0.15, -0.1) is 0 Å². The van der Waals surface area contributed by atoms with Crippen molar-refractivity contribution in [3.63, 3.8) is 0 Å². The minimum absolute atomic E-state index is 0.125. The van der Waals surface area contributed by atoms with Crippen LogP contribution in [0.15, 0.2) is 36.5 Å². The SMILES string of the molecule is CCc1ccnc(C(=O)NCCC(C)c2cccc(C(=O)NC)n2)c1. The molecule has 0 aromatic carbocycles. The van der Waals surface area contributed by atoms with E-state index in [0.29, 0.717) is 17.9 Å². The van der Waals surface area contributed by atoms with Gasteiger partial charge in [0.15, 0.2) is 0 Å². The van der Waals surface area contributed by atoms with Gasteiger partial charge in [-0.05, 0) is 42.7 Å². The molecule has 2 heterocycles. The summed E-state index contributed by atoms with van der Waals surface area (Å²) < 4.78 is 0. The third kappa shape index (κ3) is 5.11. The lowest BCUT2D eigenvalue weighted by atomic mass is 10.0. The largest absolute Gasteiger partial charge is 0.354 e. The molecule has 0 saturated heterocycles. The van der Waals surface area contributed by atoms with E-state index < -0.39 is 0 Å². The second-order valence-electron chi connectivity index (χ2n) is 5.88. The molecule has 0 saturated carbocycles. The first kappa shape index (κ1) is 18.6. The van der Waals surface area contributed by atoms with Gasteiger partial charge in [-0.3, -0.25) is 14.6 Å². The van der Waals surface area contributed by atoms with E-state index in [1.807, 2.05) is 38.1 Å². The summed E-state index contributed by atoms with van der Waals surface area (Å²) in [6, 6.07) is 9.12. The average Bonchev–Trinajstić information content (AvgIpc) is 2.67. The Morgan fingerprint density at radius 1 is 1.16 bits per heavy atom. The van der Waals surface area contributed by atoms with Crippen LogP contribution in [0.2, 0.25) is 0 Å². The summed E-state index contributed by atoms with van der Waals surface area (Å²) >= 11 is 0. The zero-order chi connectivity index (χ0) is 18.2. The van der Waals surface area contributed by atoms with E-state index in [1.54, 1.807) is 19.3 Å². The number of nitrogens with zero attached hydrogens (tertiary/aromatic N) is 2. The van der Waals surface area contributed by atoms with Crippen molar-refractivity contribution in [1.82, 2.24) is 20.6 Å². The molecule has 1 atom stereocenters. The molecule has 2 N–H and O–H groups in total. The number of amides is 2. The first-order chi connectivity index (χ1) is 12.0. The summed E-state index contributed by atoms with van der Waals surface area (Å²) in [5.41, 5.74) is 2.76. The van der Waals surface area contributed by atoms with Crippen molar-refractivity contribution in [3.05, 3.63) is 59.2 Å². The molecule has 2 aromatic heterocycles. The maximum atomic E-state index is 12.2. The van der Waals surface area contributed by atoms with Crippen LogP contribution in [0.3, 0.4) is 0 Å². The lowest BCUT2D eigenvalue weighted by Gasteiger charge is -2.12. The van der Waals surface area contributed by atoms with Crippen LogP contribution >= 0.6 is 0 Å². The van der Waals surface area contributed by atoms with Crippen LogP contribution < -0.4 is 10.6 Å². The Balaban J connectivity index is 1.90. The first-order valence-electron chi connectivity index (χ1n) is 8.47. The number of rotatable bonds is 7. The van der Waals surface area contributed by atoms with Crippen molar-refractivity contribution in [2.45, 2.75) is 32.6 Å². The number of aryl methyl sites for hydroxylation is 1. The molecule has 2 aromatic rings. The van der Waals surface area contributed by atoms with Gasteiger partial charge in [0.2, 0.25) is 0 Å². The van der Waals surface area contributed by atoms with Gasteiger partial charge in [-0.2, -0.15) is 0 Å². The minimum atomic E-state index is -0.204. The van der Waals surface area contributed by atoms with Crippen LogP contribution in [0.1, 0.15) is 58.4 Å². The zero-order valence-corrected chi connectivity index (χ0v) is 14.9. The molecule has 1 unspecified atom stereocenters. The zero-order valence-electron chi connectivity index (χ0n) is 14.9. The Labute approximate surface area is 148 Å². The third-order valence-corrected chi connectivity index (χ3v) is 4.06. The molecule has 0 aliphatic carbocycles. The lowest BCUT2D eigenvalue weighted by molar-refractivity contribution is 0.0944. The Bertz CT molecular complexity index is 746. The van der Waals surface area contributed by atoms with E-state index in [4.69, 9.17) is 0 Å². The summed E-state index contributed by atoms with van der Waals surface area (Å²) in [4.78, 5) is 32.3. The van der Waals surface area contributed by atoms with Gasteiger partial charge in [0.25, 0.3) is 11.8 Å². The van der Waals surface area contributed by atoms with Crippen molar-refractivity contribution in [1.29, 1.82) is 0 Å². The molecule has 132 valence electrons. The van der Waals surface area contributed by atoms with Crippen molar-refractivity contribution >= 4 is 11.8 Å². The standard InChI is InChI=1S/C19H24N4O2/c1-4-14-9-11-21-17(12-14)19(25)22-10-8-13(2)15-6-5-7-16(23-15)18(24)20-3/h5-7,9,11-13H,4,8,10H2,1-3H3,(H,20,24)(H,22,25). The second kappa shape index (κ2) is 8.92. The number of carbonyl (C=O) groups is 2. The fourth-order valence-electron chi connectivity index (χ4n) is 2.44. The molecule has 2 amide bonds. The molecule has 2 rings (SSSR count). The molecule has 0 spiro atoms. The fourth-order valence-corrected chi connectivity index (χ4v) is 2.44. The van der Waals surface area contributed by atoms with Gasteiger partial charge in [-0.1, -0.05) is 19.9 Å². The molecular formula is C19H24N4O2. The molecule has 6 nitrogen and oxygen atoms in total. The van der Waals surface area contributed by atoms with E-state index in [9.17, 15) is 9.59 Å². The van der Waals surface area contributed by atoms with Gasteiger partial charge < -0.3 is 10.6 Å². The third-order valence-electron chi connectivity index (χ3n) is 4.06.